The van der Waals surface area contributed by atoms with Crippen LogP contribution in [-0.4, -0.2) is 37.3 Å². The average molecular weight is 291 g/mol. The molecule has 0 spiro atoms. The van der Waals surface area contributed by atoms with Crippen LogP contribution in [-0.2, 0) is 0 Å². The third kappa shape index (κ3) is 4.60. The van der Waals surface area contributed by atoms with Crippen molar-refractivity contribution in [2.75, 3.05) is 27.2 Å². The van der Waals surface area contributed by atoms with Crippen LogP contribution in [0.1, 0.15) is 16.7 Å². The smallest absolute Gasteiger partial charge is 0.0621 e. The van der Waals surface area contributed by atoms with Gasteiger partial charge in [-0.3, -0.25) is 4.90 Å². The van der Waals surface area contributed by atoms with E-state index in [2.05, 4.69) is 11.8 Å². The number of aliphatic hydroxyl groups excluding tert-OH is 1. The predicted molar refractivity (Wildman–Crippen MR) is 92.5 cm³/mol. The molecule has 22 heavy (non-hydrogen) atoms. The van der Waals surface area contributed by atoms with E-state index in [1.54, 1.807) is 0 Å². The third-order valence-corrected chi connectivity index (χ3v) is 3.20. The second kappa shape index (κ2) is 8.19. The molecular formula is C20H21NO. The van der Waals surface area contributed by atoms with Gasteiger partial charge in [-0.2, -0.15) is 0 Å². The molecule has 0 fully saturated rings. The number of rotatable bonds is 4. The van der Waals surface area contributed by atoms with E-state index in [1.807, 2.05) is 79.7 Å². The van der Waals surface area contributed by atoms with E-state index in [4.69, 9.17) is 0 Å². The minimum Gasteiger partial charge on any atom is -0.392 e. The molecule has 2 aromatic carbocycles. The molecule has 2 rings (SSSR count). The summed E-state index contributed by atoms with van der Waals surface area (Å²) in [6, 6.07) is 18.2. The van der Waals surface area contributed by atoms with Crippen LogP contribution in [0.4, 0.5) is 0 Å². The van der Waals surface area contributed by atoms with Gasteiger partial charge >= 0.3 is 0 Å². The Morgan fingerprint density at radius 1 is 1.00 bits per heavy atom. The summed E-state index contributed by atoms with van der Waals surface area (Å²) in [6.45, 7) is 0.774. The van der Waals surface area contributed by atoms with Crippen LogP contribution in [0.3, 0.4) is 0 Å². The molecule has 0 aromatic heterocycles. The van der Waals surface area contributed by atoms with E-state index in [9.17, 15) is 5.11 Å². The molecule has 0 amide bonds. The summed E-state index contributed by atoms with van der Waals surface area (Å²) >= 11 is 0. The lowest BCUT2D eigenvalue weighted by Crippen LogP contribution is -2.10. The summed E-state index contributed by atoms with van der Waals surface area (Å²) in [5, 5.41) is 9.28. The SMILES string of the molecule is CN(C)CC#Cc1ccc(/C(=C/CO)c2ccccc2)cc1. The molecule has 0 aliphatic rings. The Hall–Kier alpha value is -2.34. The molecule has 2 heteroatoms. The zero-order valence-corrected chi connectivity index (χ0v) is 13.1. The molecular weight excluding hydrogens is 270 g/mol. The first-order chi connectivity index (χ1) is 10.7. The summed E-state index contributed by atoms with van der Waals surface area (Å²) in [5.41, 5.74) is 4.22. The largest absolute Gasteiger partial charge is 0.392 e. The second-order valence-corrected chi connectivity index (χ2v) is 5.28. The van der Waals surface area contributed by atoms with Gasteiger partial charge in [0, 0.05) is 5.56 Å². The Labute approximate surface area is 132 Å². The molecule has 0 saturated carbocycles. The number of benzene rings is 2. The zero-order valence-electron chi connectivity index (χ0n) is 13.1. The van der Waals surface area contributed by atoms with E-state index in [1.165, 1.54) is 0 Å². The average Bonchev–Trinajstić information content (AvgIpc) is 2.54. The lowest BCUT2D eigenvalue weighted by Gasteiger charge is -2.08. The molecule has 0 aliphatic heterocycles. The summed E-state index contributed by atoms with van der Waals surface area (Å²) in [5.74, 6) is 6.28. The lowest BCUT2D eigenvalue weighted by molar-refractivity contribution is 0.343. The van der Waals surface area contributed by atoms with Crippen LogP contribution in [0, 0.1) is 11.8 Å². The first kappa shape index (κ1) is 16.0. The monoisotopic (exact) mass is 291 g/mol. The highest BCUT2D eigenvalue weighted by Gasteiger charge is 2.04. The van der Waals surface area contributed by atoms with E-state index >= 15 is 0 Å². The highest BCUT2D eigenvalue weighted by molar-refractivity contribution is 5.80. The first-order valence-electron chi connectivity index (χ1n) is 7.31. The van der Waals surface area contributed by atoms with Crippen LogP contribution < -0.4 is 0 Å². The Balaban J connectivity index is 2.23. The van der Waals surface area contributed by atoms with E-state index in [0.29, 0.717) is 0 Å². The molecule has 2 nitrogen and oxygen atoms in total. The minimum atomic E-state index is 0.0224. The second-order valence-electron chi connectivity index (χ2n) is 5.28. The van der Waals surface area contributed by atoms with Gasteiger partial charge in [-0.25, -0.2) is 0 Å². The fourth-order valence-corrected chi connectivity index (χ4v) is 2.14. The molecule has 0 heterocycles. The molecule has 0 saturated heterocycles. The van der Waals surface area contributed by atoms with Crippen LogP contribution in [0.5, 0.6) is 0 Å². The van der Waals surface area contributed by atoms with E-state index in [-0.39, 0.29) is 6.61 Å². The van der Waals surface area contributed by atoms with Crippen molar-refractivity contribution in [2.24, 2.45) is 0 Å². The highest BCUT2D eigenvalue weighted by Crippen LogP contribution is 2.23. The number of nitrogens with zero attached hydrogens (tertiary/aromatic N) is 1. The predicted octanol–water partition coefficient (Wildman–Crippen LogP) is 3.02. The number of aliphatic hydroxyl groups is 1. The van der Waals surface area contributed by atoms with E-state index in [0.717, 1.165) is 28.8 Å². The van der Waals surface area contributed by atoms with Crippen molar-refractivity contribution in [1.82, 2.24) is 4.90 Å². The van der Waals surface area contributed by atoms with Crippen molar-refractivity contribution in [3.8, 4) is 11.8 Å². The highest BCUT2D eigenvalue weighted by atomic mass is 16.2. The summed E-state index contributed by atoms with van der Waals surface area (Å²) in [4.78, 5) is 2.04. The fourth-order valence-electron chi connectivity index (χ4n) is 2.14. The van der Waals surface area contributed by atoms with Crippen molar-refractivity contribution in [3.63, 3.8) is 0 Å². The van der Waals surface area contributed by atoms with Gasteiger partial charge in [0.2, 0.25) is 0 Å². The van der Waals surface area contributed by atoms with Gasteiger partial charge in [0.05, 0.1) is 13.2 Å². The normalized spacial score (nSPS) is 11.2. The summed E-state index contributed by atoms with van der Waals surface area (Å²) < 4.78 is 0. The van der Waals surface area contributed by atoms with Gasteiger partial charge in [0.1, 0.15) is 0 Å². The maximum absolute atomic E-state index is 9.28. The van der Waals surface area contributed by atoms with E-state index < -0.39 is 0 Å². The molecule has 0 unspecified atom stereocenters. The number of hydrogen-bond donors (Lipinski definition) is 1. The van der Waals surface area contributed by atoms with Crippen molar-refractivity contribution in [1.29, 1.82) is 0 Å². The maximum Gasteiger partial charge on any atom is 0.0621 e. The van der Waals surface area contributed by atoms with Crippen LogP contribution in [0.25, 0.3) is 5.57 Å². The molecule has 0 atom stereocenters. The lowest BCUT2D eigenvalue weighted by atomic mass is 9.97. The topological polar surface area (TPSA) is 23.5 Å². The molecule has 0 bridgehead atoms. The molecule has 112 valence electrons. The fraction of sp³-hybridized carbons (Fsp3) is 0.200. The third-order valence-electron chi connectivity index (χ3n) is 3.20. The molecule has 2 aromatic rings. The zero-order chi connectivity index (χ0) is 15.8. The van der Waals surface area contributed by atoms with Crippen molar-refractivity contribution in [2.45, 2.75) is 0 Å². The Kier molecular flexibility index (Phi) is 5.97. The van der Waals surface area contributed by atoms with Gasteiger partial charge in [-0.05, 0) is 42.9 Å². The summed E-state index contributed by atoms with van der Waals surface area (Å²) in [7, 11) is 4.01. The van der Waals surface area contributed by atoms with Crippen molar-refractivity contribution >= 4 is 5.57 Å². The Bertz CT molecular complexity index is 673. The Morgan fingerprint density at radius 2 is 1.64 bits per heavy atom. The van der Waals surface area contributed by atoms with Gasteiger partial charge in [0.25, 0.3) is 0 Å². The van der Waals surface area contributed by atoms with Gasteiger partial charge < -0.3 is 5.11 Å². The number of hydrogen-bond acceptors (Lipinski definition) is 2. The Morgan fingerprint density at radius 3 is 2.23 bits per heavy atom. The maximum atomic E-state index is 9.28. The first-order valence-corrected chi connectivity index (χ1v) is 7.31. The van der Waals surface area contributed by atoms with Gasteiger partial charge in [-0.15, -0.1) is 0 Å². The molecule has 0 aliphatic carbocycles. The quantitative estimate of drug-likeness (QED) is 0.875. The van der Waals surface area contributed by atoms with Gasteiger partial charge in [0.15, 0.2) is 0 Å². The summed E-state index contributed by atoms with van der Waals surface area (Å²) in [6.07, 6.45) is 1.84. The van der Waals surface area contributed by atoms with Gasteiger partial charge in [-0.1, -0.05) is 60.4 Å². The van der Waals surface area contributed by atoms with Crippen LogP contribution in [0.15, 0.2) is 60.7 Å². The standard InChI is InChI=1S/C20H21NO/c1-21(2)15-6-7-17-10-12-19(13-11-17)20(14-16-22)18-8-4-3-5-9-18/h3-5,8-14,22H,15-16H2,1-2H3/b20-14+. The van der Waals surface area contributed by atoms with Crippen molar-refractivity contribution < 1.29 is 5.11 Å². The van der Waals surface area contributed by atoms with Crippen LogP contribution >= 0.6 is 0 Å². The molecule has 0 radical (unpaired) electrons. The minimum absolute atomic E-state index is 0.0224. The van der Waals surface area contributed by atoms with Crippen LogP contribution in [0.2, 0.25) is 0 Å². The van der Waals surface area contributed by atoms with Crippen molar-refractivity contribution in [3.05, 3.63) is 77.4 Å². The molecule has 1 N–H and O–H groups in total.